The Morgan fingerprint density at radius 3 is 2.22 bits per heavy atom. The number of allylic oxidation sites excluding steroid dienone is 2. The van der Waals surface area contributed by atoms with Crippen LogP contribution in [0.3, 0.4) is 0 Å². The van der Waals surface area contributed by atoms with Gasteiger partial charge in [-0.1, -0.05) is 47.5 Å². The van der Waals surface area contributed by atoms with Crippen molar-refractivity contribution in [1.82, 2.24) is 0 Å². The van der Waals surface area contributed by atoms with Gasteiger partial charge < -0.3 is 14.7 Å². The fourth-order valence-corrected chi connectivity index (χ4v) is 4.08. The third-order valence-corrected chi connectivity index (χ3v) is 6.26. The van der Waals surface area contributed by atoms with Crippen molar-refractivity contribution >= 4 is 52.6 Å². The Morgan fingerprint density at radius 2 is 1.57 bits per heavy atom. The van der Waals surface area contributed by atoms with Crippen LogP contribution in [-0.4, -0.2) is 29.8 Å². The average Bonchev–Trinajstić information content (AvgIpc) is 2.88. The van der Waals surface area contributed by atoms with Gasteiger partial charge in [-0.05, 0) is 74.0 Å². The standard InChI is InChI=1S/C30H29Cl2NO4/c1-3-33(4-2)25-12-9-22(30(18-25)37-20-23-8-11-24(31)17-29(23)32)10-16-28(36)19-27(35)15-7-21-5-13-26(34)14-6-21/h5-18,34H,3-4,19-20H2,1-2H3/b15-7+,16-10+. The third-order valence-electron chi connectivity index (χ3n) is 5.68. The molecule has 0 amide bonds. The van der Waals surface area contributed by atoms with Gasteiger partial charge in [-0.15, -0.1) is 0 Å². The molecule has 37 heavy (non-hydrogen) atoms. The quantitative estimate of drug-likeness (QED) is 0.193. The van der Waals surface area contributed by atoms with Gasteiger partial charge in [-0.25, -0.2) is 0 Å². The van der Waals surface area contributed by atoms with Gasteiger partial charge in [0.1, 0.15) is 18.1 Å². The molecule has 0 fully saturated rings. The van der Waals surface area contributed by atoms with Gasteiger partial charge in [0.05, 0.1) is 6.42 Å². The summed E-state index contributed by atoms with van der Waals surface area (Å²) in [5.74, 6) is 0.111. The lowest BCUT2D eigenvalue weighted by Crippen LogP contribution is -2.21. The van der Waals surface area contributed by atoms with Crippen LogP contribution in [0.5, 0.6) is 11.5 Å². The number of rotatable bonds is 12. The summed E-state index contributed by atoms with van der Waals surface area (Å²) in [6.45, 7) is 6.07. The maximum atomic E-state index is 12.5. The molecule has 0 aromatic heterocycles. The van der Waals surface area contributed by atoms with Crippen LogP contribution in [-0.2, 0) is 16.2 Å². The van der Waals surface area contributed by atoms with Crippen molar-refractivity contribution < 1.29 is 19.4 Å². The zero-order valence-electron chi connectivity index (χ0n) is 20.8. The topological polar surface area (TPSA) is 66.8 Å². The highest BCUT2D eigenvalue weighted by molar-refractivity contribution is 6.35. The van der Waals surface area contributed by atoms with Gasteiger partial charge in [-0.3, -0.25) is 9.59 Å². The predicted octanol–water partition coefficient (Wildman–Crippen LogP) is 7.38. The number of phenols is 1. The minimum absolute atomic E-state index is 0.147. The number of nitrogens with zero attached hydrogens (tertiary/aromatic N) is 1. The molecule has 0 spiro atoms. The molecule has 3 aromatic rings. The van der Waals surface area contributed by atoms with Gasteiger partial charge in [0, 0.05) is 46.0 Å². The number of hydrogen-bond acceptors (Lipinski definition) is 5. The van der Waals surface area contributed by atoms with Gasteiger partial charge in [0.25, 0.3) is 0 Å². The molecule has 5 nitrogen and oxygen atoms in total. The smallest absolute Gasteiger partial charge is 0.163 e. The predicted molar refractivity (Wildman–Crippen MR) is 152 cm³/mol. The van der Waals surface area contributed by atoms with Crippen LogP contribution >= 0.6 is 23.2 Å². The first-order chi connectivity index (χ1) is 17.8. The molecule has 0 saturated heterocycles. The summed E-state index contributed by atoms with van der Waals surface area (Å²) < 4.78 is 6.12. The van der Waals surface area contributed by atoms with E-state index in [0.29, 0.717) is 21.4 Å². The van der Waals surface area contributed by atoms with Crippen LogP contribution in [0.15, 0.2) is 72.8 Å². The average molecular weight is 538 g/mol. The van der Waals surface area contributed by atoms with E-state index in [0.717, 1.165) is 29.9 Å². The molecule has 0 radical (unpaired) electrons. The van der Waals surface area contributed by atoms with E-state index in [1.807, 2.05) is 24.3 Å². The van der Waals surface area contributed by atoms with Crippen LogP contribution in [0, 0.1) is 0 Å². The molecular formula is C30H29Cl2NO4. The van der Waals surface area contributed by atoms with Crippen molar-refractivity contribution in [3.8, 4) is 11.5 Å². The summed E-state index contributed by atoms with van der Waals surface area (Å²) >= 11 is 12.3. The molecule has 7 heteroatoms. The van der Waals surface area contributed by atoms with E-state index in [2.05, 4.69) is 18.7 Å². The Labute approximate surface area is 227 Å². The fraction of sp³-hybridized carbons (Fsp3) is 0.200. The van der Waals surface area contributed by atoms with E-state index in [-0.39, 0.29) is 30.3 Å². The Hall–Kier alpha value is -3.54. The van der Waals surface area contributed by atoms with E-state index in [4.69, 9.17) is 27.9 Å². The number of hydrogen-bond donors (Lipinski definition) is 1. The molecule has 0 saturated carbocycles. The third kappa shape index (κ3) is 8.52. The normalized spacial score (nSPS) is 11.2. The highest BCUT2D eigenvalue weighted by Gasteiger charge is 2.11. The van der Waals surface area contributed by atoms with Crippen molar-refractivity contribution in [2.45, 2.75) is 26.9 Å². The van der Waals surface area contributed by atoms with Gasteiger partial charge >= 0.3 is 0 Å². The number of phenolic OH excluding ortho intramolecular Hbond substituents is 1. The van der Waals surface area contributed by atoms with E-state index in [1.54, 1.807) is 36.4 Å². The van der Waals surface area contributed by atoms with Gasteiger partial charge in [0.2, 0.25) is 0 Å². The highest BCUT2D eigenvalue weighted by Crippen LogP contribution is 2.29. The number of benzene rings is 3. The lowest BCUT2D eigenvalue weighted by molar-refractivity contribution is -0.121. The molecule has 0 bridgehead atoms. The number of carbonyl (C=O) groups is 2. The van der Waals surface area contributed by atoms with E-state index in [1.165, 1.54) is 24.3 Å². The lowest BCUT2D eigenvalue weighted by atomic mass is 10.1. The van der Waals surface area contributed by atoms with E-state index >= 15 is 0 Å². The SMILES string of the molecule is CCN(CC)c1ccc(/C=C/C(=O)CC(=O)/C=C/c2ccc(O)cc2)c(OCc2ccc(Cl)cc2Cl)c1. The molecule has 0 atom stereocenters. The summed E-state index contributed by atoms with van der Waals surface area (Å²) in [4.78, 5) is 26.9. The first-order valence-corrected chi connectivity index (χ1v) is 12.7. The van der Waals surface area contributed by atoms with Gasteiger partial charge in [0.15, 0.2) is 11.6 Å². The van der Waals surface area contributed by atoms with Crippen LogP contribution in [0.2, 0.25) is 10.0 Å². The fourth-order valence-electron chi connectivity index (χ4n) is 3.61. The molecule has 3 rings (SSSR count). The molecule has 3 aromatic carbocycles. The van der Waals surface area contributed by atoms with Crippen molar-refractivity contribution in [3.63, 3.8) is 0 Å². The molecule has 0 heterocycles. The Bertz CT molecular complexity index is 1300. The number of ether oxygens (including phenoxy) is 1. The maximum Gasteiger partial charge on any atom is 0.163 e. The zero-order chi connectivity index (χ0) is 26.8. The number of halogens is 2. The second kappa shape index (κ2) is 13.7. The van der Waals surface area contributed by atoms with Crippen LogP contribution < -0.4 is 9.64 Å². The van der Waals surface area contributed by atoms with Crippen molar-refractivity contribution in [3.05, 3.63) is 99.6 Å². The molecule has 0 aliphatic rings. The monoisotopic (exact) mass is 537 g/mol. The van der Waals surface area contributed by atoms with Crippen molar-refractivity contribution in [1.29, 1.82) is 0 Å². The molecule has 192 valence electrons. The summed E-state index contributed by atoms with van der Waals surface area (Å²) in [6.07, 6.45) is 5.77. The lowest BCUT2D eigenvalue weighted by Gasteiger charge is -2.22. The Balaban J connectivity index is 1.73. The maximum absolute atomic E-state index is 12.5. The highest BCUT2D eigenvalue weighted by atomic mass is 35.5. The second-order valence-corrected chi connectivity index (χ2v) is 9.13. The summed E-state index contributed by atoms with van der Waals surface area (Å²) in [5, 5.41) is 10.4. The van der Waals surface area contributed by atoms with E-state index in [9.17, 15) is 14.7 Å². The number of aromatic hydroxyl groups is 1. The first-order valence-electron chi connectivity index (χ1n) is 12.0. The zero-order valence-corrected chi connectivity index (χ0v) is 22.3. The number of ketones is 2. The van der Waals surface area contributed by atoms with Crippen LogP contribution in [0.4, 0.5) is 5.69 Å². The molecule has 0 aliphatic carbocycles. The molecular weight excluding hydrogens is 509 g/mol. The van der Waals surface area contributed by atoms with Crippen molar-refractivity contribution in [2.24, 2.45) is 0 Å². The van der Waals surface area contributed by atoms with Crippen molar-refractivity contribution in [2.75, 3.05) is 18.0 Å². The molecule has 0 aliphatic heterocycles. The summed E-state index contributed by atoms with van der Waals surface area (Å²) in [6, 6.07) is 17.5. The first kappa shape index (κ1) is 28.0. The van der Waals surface area contributed by atoms with E-state index < -0.39 is 0 Å². The second-order valence-electron chi connectivity index (χ2n) is 8.29. The Kier molecular flexibility index (Phi) is 10.4. The van der Waals surface area contributed by atoms with Crippen LogP contribution in [0.25, 0.3) is 12.2 Å². The number of anilines is 1. The Morgan fingerprint density at radius 1 is 0.892 bits per heavy atom. The largest absolute Gasteiger partial charge is 0.508 e. The summed E-state index contributed by atoms with van der Waals surface area (Å²) in [5.41, 5.74) is 3.25. The minimum Gasteiger partial charge on any atom is -0.508 e. The van der Waals surface area contributed by atoms with Gasteiger partial charge in [-0.2, -0.15) is 0 Å². The van der Waals surface area contributed by atoms with Crippen LogP contribution in [0.1, 0.15) is 37.0 Å². The summed E-state index contributed by atoms with van der Waals surface area (Å²) in [7, 11) is 0. The molecule has 0 unspecified atom stereocenters. The number of carbonyl (C=O) groups excluding carboxylic acids is 2. The minimum atomic E-state index is -0.320. The molecule has 1 N–H and O–H groups in total.